The minimum Gasteiger partial charge on any atom is -0.462 e. The van der Waals surface area contributed by atoms with Crippen molar-refractivity contribution in [1.82, 2.24) is 0 Å². The largest absolute Gasteiger partial charge is 0.462 e. The van der Waals surface area contributed by atoms with Crippen LogP contribution in [0.1, 0.15) is 361 Å². The third-order valence-corrected chi connectivity index (χ3v) is 14.7. The van der Waals surface area contributed by atoms with E-state index in [0.29, 0.717) is 19.3 Å². The van der Waals surface area contributed by atoms with Crippen molar-refractivity contribution in [1.29, 1.82) is 0 Å². The first-order valence-electron chi connectivity index (χ1n) is 32.3. The maximum atomic E-state index is 12.9. The third-order valence-electron chi connectivity index (χ3n) is 14.7. The van der Waals surface area contributed by atoms with Gasteiger partial charge in [0.2, 0.25) is 0 Å². The summed E-state index contributed by atoms with van der Waals surface area (Å²) in [4.78, 5) is 38.1. The number of carbonyl (C=O) groups excluding carboxylic acids is 3. The molecule has 6 heteroatoms. The van der Waals surface area contributed by atoms with Crippen LogP contribution in [0.5, 0.6) is 0 Å². The summed E-state index contributed by atoms with van der Waals surface area (Å²) < 4.78 is 16.9. The molecule has 0 heterocycles. The molecule has 0 aliphatic heterocycles. The first-order chi connectivity index (χ1) is 35.5. The van der Waals surface area contributed by atoms with Crippen LogP contribution in [0.15, 0.2) is 24.3 Å². The molecule has 0 aromatic rings. The van der Waals surface area contributed by atoms with Crippen LogP contribution < -0.4 is 0 Å². The summed E-state index contributed by atoms with van der Waals surface area (Å²) in [5.74, 6) is -0.852. The Hall–Kier alpha value is -2.11. The lowest BCUT2D eigenvalue weighted by Crippen LogP contribution is -2.30. The number of ether oxygens (including phenoxy) is 3. The van der Waals surface area contributed by atoms with Gasteiger partial charge in [-0.15, -0.1) is 0 Å². The molecule has 0 amide bonds. The van der Waals surface area contributed by atoms with E-state index in [1.165, 1.54) is 257 Å². The van der Waals surface area contributed by atoms with Crippen molar-refractivity contribution in [2.24, 2.45) is 0 Å². The topological polar surface area (TPSA) is 78.9 Å². The second-order valence-corrected chi connectivity index (χ2v) is 22.0. The Labute approximate surface area is 449 Å². The van der Waals surface area contributed by atoms with Crippen LogP contribution in [0.3, 0.4) is 0 Å². The Balaban J connectivity index is 4.11. The van der Waals surface area contributed by atoms with Gasteiger partial charge in [-0.1, -0.05) is 315 Å². The smallest absolute Gasteiger partial charge is 0.306 e. The highest BCUT2D eigenvalue weighted by molar-refractivity contribution is 5.71. The lowest BCUT2D eigenvalue weighted by Gasteiger charge is -2.18. The molecule has 0 bridgehead atoms. The molecular weight excluding hydrogens is 889 g/mol. The van der Waals surface area contributed by atoms with Crippen LogP contribution in [0.25, 0.3) is 0 Å². The Morgan fingerprint density at radius 2 is 0.500 bits per heavy atom. The van der Waals surface area contributed by atoms with Gasteiger partial charge < -0.3 is 14.2 Å². The SMILES string of the molecule is CCCCCCC/C=C\C/C=C\CCCCCCCCCCCC(=O)OC(COC(=O)CCCCCCCCCC)COC(=O)CCCCCCCCCCCCCCCCCCCCCCCCCCC. The second-order valence-electron chi connectivity index (χ2n) is 22.0. The van der Waals surface area contributed by atoms with Crippen molar-refractivity contribution in [3.05, 3.63) is 24.3 Å². The number of carbonyl (C=O) groups is 3. The van der Waals surface area contributed by atoms with E-state index in [2.05, 4.69) is 45.1 Å². The van der Waals surface area contributed by atoms with Gasteiger partial charge in [0.25, 0.3) is 0 Å². The van der Waals surface area contributed by atoms with E-state index in [0.717, 1.165) is 64.2 Å². The van der Waals surface area contributed by atoms with Crippen LogP contribution in [-0.4, -0.2) is 37.2 Å². The fraction of sp³-hybridized carbons (Fsp3) is 0.894. The van der Waals surface area contributed by atoms with Crippen molar-refractivity contribution in [2.75, 3.05) is 13.2 Å². The number of hydrogen-bond donors (Lipinski definition) is 0. The zero-order valence-electron chi connectivity index (χ0n) is 48.7. The molecule has 1 unspecified atom stereocenters. The monoisotopic (exact) mass is 1010 g/mol. The zero-order chi connectivity index (χ0) is 52.2. The lowest BCUT2D eigenvalue weighted by molar-refractivity contribution is -0.167. The summed E-state index contributed by atoms with van der Waals surface area (Å²) in [7, 11) is 0. The fourth-order valence-electron chi connectivity index (χ4n) is 9.83. The number of allylic oxidation sites excluding steroid dienone is 4. The summed E-state index contributed by atoms with van der Waals surface area (Å²) in [6.07, 6.45) is 73.5. The van der Waals surface area contributed by atoms with Crippen molar-refractivity contribution in [2.45, 2.75) is 367 Å². The van der Waals surface area contributed by atoms with Gasteiger partial charge in [-0.05, 0) is 51.4 Å². The third kappa shape index (κ3) is 58.8. The molecule has 0 saturated heterocycles. The van der Waals surface area contributed by atoms with E-state index < -0.39 is 6.10 Å². The normalized spacial score (nSPS) is 12.1. The maximum absolute atomic E-state index is 12.9. The Bertz CT molecular complexity index is 1160. The van der Waals surface area contributed by atoms with Crippen LogP contribution in [0.2, 0.25) is 0 Å². The highest BCUT2D eigenvalue weighted by Crippen LogP contribution is 2.18. The molecule has 0 spiro atoms. The molecule has 72 heavy (non-hydrogen) atoms. The molecule has 0 aromatic carbocycles. The standard InChI is InChI=1S/C66H124O6/c1-4-7-10-13-16-19-21-23-25-27-29-31-32-33-34-36-37-39-41-43-45-47-50-53-56-59-65(68)71-62-63(61-70-64(67)58-55-52-49-18-15-12-9-6-3)72-66(69)60-57-54-51-48-46-44-42-40-38-35-30-28-26-24-22-20-17-14-11-8-5-2/h22,24,28,30,63H,4-21,23,25-27,29,31-62H2,1-3H3/b24-22-,30-28-. The molecule has 6 nitrogen and oxygen atoms in total. The molecule has 0 aromatic heterocycles. The summed E-state index contributed by atoms with van der Waals surface area (Å²) in [5.41, 5.74) is 0. The van der Waals surface area contributed by atoms with E-state index in [9.17, 15) is 14.4 Å². The summed E-state index contributed by atoms with van der Waals surface area (Å²) >= 11 is 0. The molecular formula is C66H124O6. The number of unbranched alkanes of at least 4 members (excludes halogenated alkanes) is 45. The maximum Gasteiger partial charge on any atom is 0.306 e. The molecule has 1 atom stereocenters. The van der Waals surface area contributed by atoms with E-state index in [1.807, 2.05) is 0 Å². The molecule has 0 aliphatic carbocycles. The van der Waals surface area contributed by atoms with Crippen LogP contribution in [0, 0.1) is 0 Å². The van der Waals surface area contributed by atoms with Gasteiger partial charge in [-0.2, -0.15) is 0 Å². The molecule has 0 radical (unpaired) electrons. The van der Waals surface area contributed by atoms with E-state index in [-0.39, 0.29) is 31.1 Å². The van der Waals surface area contributed by atoms with Gasteiger partial charge in [0.1, 0.15) is 13.2 Å². The minimum absolute atomic E-state index is 0.0675. The van der Waals surface area contributed by atoms with Crippen molar-refractivity contribution in [3.8, 4) is 0 Å². The number of hydrogen-bond acceptors (Lipinski definition) is 6. The Kier molecular flexibility index (Phi) is 59.6. The molecule has 0 aliphatic rings. The van der Waals surface area contributed by atoms with E-state index in [4.69, 9.17) is 14.2 Å². The van der Waals surface area contributed by atoms with Crippen molar-refractivity contribution < 1.29 is 28.6 Å². The van der Waals surface area contributed by atoms with E-state index >= 15 is 0 Å². The second kappa shape index (κ2) is 61.4. The molecule has 0 saturated carbocycles. The highest BCUT2D eigenvalue weighted by atomic mass is 16.6. The summed E-state index contributed by atoms with van der Waals surface area (Å²) in [6.45, 7) is 6.66. The first kappa shape index (κ1) is 69.9. The predicted octanol–water partition coefficient (Wildman–Crippen LogP) is 21.8. The van der Waals surface area contributed by atoms with Gasteiger partial charge in [0, 0.05) is 19.3 Å². The Morgan fingerprint density at radius 1 is 0.278 bits per heavy atom. The molecule has 424 valence electrons. The van der Waals surface area contributed by atoms with Gasteiger partial charge in [-0.25, -0.2) is 0 Å². The molecule has 0 fully saturated rings. The zero-order valence-corrected chi connectivity index (χ0v) is 48.7. The predicted molar refractivity (Wildman–Crippen MR) is 312 cm³/mol. The quantitative estimate of drug-likeness (QED) is 0.0261. The van der Waals surface area contributed by atoms with Crippen LogP contribution >= 0.6 is 0 Å². The van der Waals surface area contributed by atoms with Gasteiger partial charge in [0.05, 0.1) is 0 Å². The van der Waals surface area contributed by atoms with Gasteiger partial charge in [-0.3, -0.25) is 14.4 Å². The summed E-state index contributed by atoms with van der Waals surface area (Å²) in [5, 5.41) is 0. The van der Waals surface area contributed by atoms with Crippen molar-refractivity contribution in [3.63, 3.8) is 0 Å². The average Bonchev–Trinajstić information content (AvgIpc) is 3.38. The minimum atomic E-state index is -0.768. The van der Waals surface area contributed by atoms with Gasteiger partial charge >= 0.3 is 17.9 Å². The number of esters is 3. The van der Waals surface area contributed by atoms with E-state index in [1.54, 1.807) is 0 Å². The number of rotatable bonds is 60. The molecule has 0 N–H and O–H groups in total. The van der Waals surface area contributed by atoms with Crippen LogP contribution in [0.4, 0.5) is 0 Å². The van der Waals surface area contributed by atoms with Crippen molar-refractivity contribution >= 4 is 17.9 Å². The lowest BCUT2D eigenvalue weighted by atomic mass is 10.0. The Morgan fingerprint density at radius 3 is 0.764 bits per heavy atom. The highest BCUT2D eigenvalue weighted by Gasteiger charge is 2.19. The molecule has 0 rings (SSSR count). The van der Waals surface area contributed by atoms with Crippen LogP contribution in [-0.2, 0) is 28.6 Å². The average molecular weight is 1010 g/mol. The first-order valence-corrected chi connectivity index (χ1v) is 32.3. The van der Waals surface area contributed by atoms with Gasteiger partial charge in [0.15, 0.2) is 6.10 Å². The fourth-order valence-corrected chi connectivity index (χ4v) is 9.83. The summed E-state index contributed by atoms with van der Waals surface area (Å²) in [6, 6.07) is 0.